The number of fused-ring (bicyclic) bond motifs is 1. The second-order valence-corrected chi connectivity index (χ2v) is 9.89. The second kappa shape index (κ2) is 7.83. The molecule has 1 aliphatic carbocycles. The fourth-order valence-corrected chi connectivity index (χ4v) is 5.30. The van der Waals surface area contributed by atoms with Crippen LogP contribution in [0.15, 0.2) is 23.1 Å². The Hall–Kier alpha value is -1.93. The first-order valence-electron chi connectivity index (χ1n) is 10.2. The molecule has 2 heterocycles. The Morgan fingerprint density at radius 3 is 2.68 bits per heavy atom. The number of amides is 1. The van der Waals surface area contributed by atoms with E-state index >= 15 is 0 Å². The highest BCUT2D eigenvalue weighted by Gasteiger charge is 2.26. The maximum absolute atomic E-state index is 12.9. The molecule has 0 unspecified atom stereocenters. The van der Waals surface area contributed by atoms with Gasteiger partial charge in [0.05, 0.1) is 15.9 Å². The molecule has 1 saturated heterocycles. The summed E-state index contributed by atoms with van der Waals surface area (Å²) < 4.78 is 29.3. The predicted molar refractivity (Wildman–Crippen MR) is 107 cm³/mol. The minimum atomic E-state index is -3.47. The molecule has 0 spiro atoms. The molecule has 152 valence electrons. The van der Waals surface area contributed by atoms with Gasteiger partial charge < -0.3 is 9.88 Å². The zero-order valence-electron chi connectivity index (χ0n) is 16.4. The van der Waals surface area contributed by atoms with E-state index in [-0.39, 0.29) is 5.91 Å². The lowest BCUT2D eigenvalue weighted by molar-refractivity contribution is -0.121. The summed E-state index contributed by atoms with van der Waals surface area (Å²) in [7, 11) is -1.56. The maximum atomic E-state index is 12.9. The van der Waals surface area contributed by atoms with Gasteiger partial charge >= 0.3 is 0 Å². The summed E-state index contributed by atoms with van der Waals surface area (Å²) in [5.41, 5.74) is 1.54. The number of piperidine rings is 1. The smallest absolute Gasteiger partial charge is 0.243 e. The first-order chi connectivity index (χ1) is 13.4. The molecule has 0 radical (unpaired) electrons. The molecule has 1 amide bonds. The lowest BCUT2D eigenvalue weighted by atomic mass is 10.2. The number of benzene rings is 1. The topological polar surface area (TPSA) is 84.3 Å². The van der Waals surface area contributed by atoms with Crippen LogP contribution >= 0.6 is 0 Å². The van der Waals surface area contributed by atoms with Gasteiger partial charge in [-0.2, -0.15) is 4.31 Å². The van der Waals surface area contributed by atoms with Crippen molar-refractivity contribution in [3.05, 3.63) is 24.0 Å². The van der Waals surface area contributed by atoms with E-state index in [9.17, 15) is 13.2 Å². The molecule has 8 heteroatoms. The Morgan fingerprint density at radius 1 is 1.21 bits per heavy atom. The maximum Gasteiger partial charge on any atom is 0.243 e. The molecule has 2 aliphatic rings. The lowest BCUT2D eigenvalue weighted by Gasteiger charge is -2.25. The highest BCUT2D eigenvalue weighted by Crippen LogP contribution is 2.27. The van der Waals surface area contributed by atoms with Crippen molar-refractivity contribution in [2.24, 2.45) is 13.0 Å². The molecule has 4 rings (SSSR count). The highest BCUT2D eigenvalue weighted by atomic mass is 32.2. The van der Waals surface area contributed by atoms with Crippen molar-refractivity contribution in [2.45, 2.75) is 49.8 Å². The summed E-state index contributed by atoms with van der Waals surface area (Å²) in [5.74, 6) is 1.51. The predicted octanol–water partition coefficient (Wildman–Crippen LogP) is 2.21. The number of aromatic nitrogens is 2. The van der Waals surface area contributed by atoms with Gasteiger partial charge in [-0.1, -0.05) is 6.42 Å². The Balaban J connectivity index is 1.49. The minimum absolute atomic E-state index is 0.0484. The monoisotopic (exact) mass is 404 g/mol. The van der Waals surface area contributed by atoms with Gasteiger partial charge in [-0.05, 0) is 49.8 Å². The summed E-state index contributed by atoms with van der Waals surface area (Å²) >= 11 is 0. The van der Waals surface area contributed by atoms with Crippen LogP contribution in [0.2, 0.25) is 0 Å². The average Bonchev–Trinajstić information content (AvgIpc) is 3.49. The van der Waals surface area contributed by atoms with Crippen LogP contribution in [0.3, 0.4) is 0 Å². The Bertz CT molecular complexity index is 973. The van der Waals surface area contributed by atoms with E-state index in [0.29, 0.717) is 42.3 Å². The number of hydrogen-bond donors (Lipinski definition) is 1. The van der Waals surface area contributed by atoms with Gasteiger partial charge in [0.2, 0.25) is 15.9 Å². The molecule has 1 N–H and O–H groups in total. The summed E-state index contributed by atoms with van der Waals surface area (Å²) in [6.45, 7) is 1.95. The molecule has 1 aliphatic heterocycles. The first-order valence-corrected chi connectivity index (χ1v) is 11.6. The minimum Gasteiger partial charge on any atom is -0.356 e. The summed E-state index contributed by atoms with van der Waals surface area (Å²) in [6.07, 6.45) is 6.28. The van der Waals surface area contributed by atoms with E-state index in [2.05, 4.69) is 10.3 Å². The zero-order chi connectivity index (χ0) is 19.7. The van der Waals surface area contributed by atoms with Crippen LogP contribution < -0.4 is 5.32 Å². The molecule has 0 bridgehead atoms. The van der Waals surface area contributed by atoms with E-state index in [1.807, 2.05) is 17.7 Å². The van der Waals surface area contributed by atoms with E-state index in [0.717, 1.165) is 37.1 Å². The Morgan fingerprint density at radius 2 is 1.96 bits per heavy atom. The quantitative estimate of drug-likeness (QED) is 0.767. The molecule has 1 saturated carbocycles. The molecule has 2 fully saturated rings. The molecule has 7 nitrogen and oxygen atoms in total. The molecule has 28 heavy (non-hydrogen) atoms. The number of carbonyl (C=O) groups is 1. The summed E-state index contributed by atoms with van der Waals surface area (Å²) in [5, 5.41) is 2.97. The van der Waals surface area contributed by atoms with Crippen LogP contribution in [0, 0.1) is 5.92 Å². The van der Waals surface area contributed by atoms with E-state index in [4.69, 9.17) is 0 Å². The summed E-state index contributed by atoms with van der Waals surface area (Å²) in [4.78, 5) is 16.9. The molecule has 1 aromatic heterocycles. The molecule has 2 aromatic rings. The number of rotatable bonds is 7. The lowest BCUT2D eigenvalue weighted by Crippen LogP contribution is -2.35. The van der Waals surface area contributed by atoms with Gasteiger partial charge in [-0.15, -0.1) is 0 Å². The van der Waals surface area contributed by atoms with Gasteiger partial charge in [-0.3, -0.25) is 4.79 Å². The van der Waals surface area contributed by atoms with Crippen molar-refractivity contribution >= 4 is 27.0 Å². The van der Waals surface area contributed by atoms with Crippen LogP contribution in [0.5, 0.6) is 0 Å². The number of nitrogens with one attached hydrogen (secondary N) is 1. The van der Waals surface area contributed by atoms with Gasteiger partial charge in [0.1, 0.15) is 5.82 Å². The van der Waals surface area contributed by atoms with Gasteiger partial charge in [0.15, 0.2) is 0 Å². The van der Waals surface area contributed by atoms with Gasteiger partial charge in [-0.25, -0.2) is 13.4 Å². The fraction of sp³-hybridized carbons (Fsp3) is 0.600. The van der Waals surface area contributed by atoms with Crippen molar-refractivity contribution in [2.75, 3.05) is 19.6 Å². The summed E-state index contributed by atoms with van der Waals surface area (Å²) in [6, 6.07) is 5.14. The van der Waals surface area contributed by atoms with E-state index in [1.165, 1.54) is 12.8 Å². The fourth-order valence-electron chi connectivity index (χ4n) is 3.76. The van der Waals surface area contributed by atoms with E-state index < -0.39 is 10.0 Å². The number of carbonyl (C=O) groups excluding carboxylic acids is 1. The molecular formula is C20H28N4O3S. The number of sulfonamides is 1. The van der Waals surface area contributed by atoms with Crippen LogP contribution in [0.1, 0.15) is 44.3 Å². The molecule has 1 aromatic carbocycles. The zero-order valence-corrected chi connectivity index (χ0v) is 17.2. The number of imidazole rings is 1. The number of hydrogen-bond acceptors (Lipinski definition) is 4. The standard InChI is InChI=1S/C20H28N4O3S/c1-23-18-8-7-16(28(26,27)24-11-3-2-4-12-24)13-17(18)22-19(23)9-10-20(25)21-14-15-5-6-15/h7-8,13,15H,2-6,9-12,14H2,1H3,(H,21,25). The molecular weight excluding hydrogens is 376 g/mol. The van der Waals surface area contributed by atoms with Crippen molar-refractivity contribution in [3.8, 4) is 0 Å². The number of nitrogens with zero attached hydrogens (tertiary/aromatic N) is 3. The highest BCUT2D eigenvalue weighted by molar-refractivity contribution is 7.89. The third-order valence-corrected chi connectivity index (χ3v) is 7.65. The third kappa shape index (κ3) is 4.07. The van der Waals surface area contributed by atoms with Crippen LogP contribution in [0.4, 0.5) is 0 Å². The van der Waals surface area contributed by atoms with Gasteiger partial charge in [0.25, 0.3) is 0 Å². The SMILES string of the molecule is Cn1c(CCC(=O)NCC2CC2)nc2cc(S(=O)(=O)N3CCCCC3)ccc21. The van der Waals surface area contributed by atoms with Crippen molar-refractivity contribution in [1.82, 2.24) is 19.2 Å². The van der Waals surface area contributed by atoms with Crippen molar-refractivity contribution < 1.29 is 13.2 Å². The van der Waals surface area contributed by atoms with Crippen molar-refractivity contribution in [1.29, 1.82) is 0 Å². The number of aryl methyl sites for hydroxylation is 2. The van der Waals surface area contributed by atoms with Crippen LogP contribution in [-0.4, -0.2) is 47.8 Å². The Kier molecular flexibility index (Phi) is 5.42. The van der Waals surface area contributed by atoms with E-state index in [1.54, 1.807) is 16.4 Å². The Labute approximate surface area is 166 Å². The van der Waals surface area contributed by atoms with Crippen LogP contribution in [0.25, 0.3) is 11.0 Å². The van der Waals surface area contributed by atoms with Crippen LogP contribution in [-0.2, 0) is 28.3 Å². The normalized spacial score (nSPS) is 18.5. The average molecular weight is 405 g/mol. The largest absolute Gasteiger partial charge is 0.356 e. The molecule has 0 atom stereocenters. The van der Waals surface area contributed by atoms with Gasteiger partial charge in [0, 0.05) is 39.5 Å². The first kappa shape index (κ1) is 19.4. The van der Waals surface area contributed by atoms with Crippen molar-refractivity contribution in [3.63, 3.8) is 0 Å². The second-order valence-electron chi connectivity index (χ2n) is 7.95. The third-order valence-electron chi connectivity index (χ3n) is 5.76.